The third-order valence-corrected chi connectivity index (χ3v) is 3.61. The van der Waals surface area contributed by atoms with Gasteiger partial charge in [0.2, 0.25) is 0 Å². The Morgan fingerprint density at radius 3 is 3.11 bits per heavy atom. The van der Waals surface area contributed by atoms with Crippen molar-refractivity contribution in [3.8, 4) is 0 Å². The molecule has 1 atom stereocenters. The molecule has 4 heteroatoms. The predicted octanol–water partition coefficient (Wildman–Crippen LogP) is 2.68. The second-order valence-corrected chi connectivity index (χ2v) is 4.76. The van der Waals surface area contributed by atoms with Crippen molar-refractivity contribution in [1.82, 2.24) is 4.98 Å². The molecule has 3 nitrogen and oxygen atoms in total. The summed E-state index contributed by atoms with van der Waals surface area (Å²) >= 11 is 5.88. The van der Waals surface area contributed by atoms with E-state index < -0.39 is 0 Å². The highest BCUT2D eigenvalue weighted by Crippen LogP contribution is 2.25. The Morgan fingerprint density at radius 2 is 2.22 bits per heavy atom. The predicted molar refractivity (Wildman–Crippen MR) is 74.4 cm³/mol. The van der Waals surface area contributed by atoms with E-state index in [1.165, 1.54) is 10.8 Å². The molecule has 2 heterocycles. The second-order valence-electron chi connectivity index (χ2n) is 4.45. The number of rotatable bonds is 2. The molecule has 0 radical (unpaired) electrons. The van der Waals surface area contributed by atoms with Crippen LogP contribution >= 0.6 is 11.6 Å². The lowest BCUT2D eigenvalue weighted by Gasteiger charge is -2.33. The summed E-state index contributed by atoms with van der Waals surface area (Å²) in [6.07, 6.45) is 1.96. The minimum Gasteiger partial charge on any atom is -0.373 e. The van der Waals surface area contributed by atoms with Crippen LogP contribution in [0.3, 0.4) is 0 Å². The molecule has 1 aromatic carbocycles. The third kappa shape index (κ3) is 2.16. The van der Waals surface area contributed by atoms with Gasteiger partial charge in [-0.1, -0.05) is 24.3 Å². The molecule has 0 saturated carbocycles. The smallest absolute Gasteiger partial charge is 0.136 e. The summed E-state index contributed by atoms with van der Waals surface area (Å²) in [5.41, 5.74) is 0. The van der Waals surface area contributed by atoms with E-state index >= 15 is 0 Å². The first-order chi connectivity index (χ1) is 8.88. The zero-order chi connectivity index (χ0) is 12.4. The van der Waals surface area contributed by atoms with Crippen LogP contribution < -0.4 is 4.90 Å². The fraction of sp³-hybridized carbons (Fsp3) is 0.357. The van der Waals surface area contributed by atoms with E-state index in [1.54, 1.807) is 0 Å². The molecule has 0 spiro atoms. The Kier molecular flexibility index (Phi) is 3.35. The van der Waals surface area contributed by atoms with Crippen molar-refractivity contribution in [2.24, 2.45) is 0 Å². The van der Waals surface area contributed by atoms with Gasteiger partial charge >= 0.3 is 0 Å². The SMILES string of the molecule is ClCC1CN(c2nccc3ccccc23)CCO1. The van der Waals surface area contributed by atoms with Crippen molar-refractivity contribution in [1.29, 1.82) is 0 Å². The minimum absolute atomic E-state index is 0.0983. The van der Waals surface area contributed by atoms with E-state index in [0.717, 1.165) is 18.9 Å². The van der Waals surface area contributed by atoms with E-state index in [0.29, 0.717) is 12.5 Å². The van der Waals surface area contributed by atoms with Gasteiger partial charge in [0.05, 0.1) is 18.6 Å². The summed E-state index contributed by atoms with van der Waals surface area (Å²) in [5, 5.41) is 2.41. The number of ether oxygens (including phenoxy) is 1. The summed E-state index contributed by atoms with van der Waals surface area (Å²) in [6, 6.07) is 10.4. The maximum absolute atomic E-state index is 5.88. The number of pyridine rings is 1. The maximum Gasteiger partial charge on any atom is 0.136 e. The topological polar surface area (TPSA) is 25.4 Å². The number of fused-ring (bicyclic) bond motifs is 1. The van der Waals surface area contributed by atoms with Gasteiger partial charge in [0.15, 0.2) is 0 Å². The average molecular weight is 263 g/mol. The van der Waals surface area contributed by atoms with Gasteiger partial charge in [0, 0.05) is 24.7 Å². The summed E-state index contributed by atoms with van der Waals surface area (Å²) in [4.78, 5) is 6.79. The molecule has 3 rings (SSSR count). The number of nitrogens with zero attached hydrogens (tertiary/aromatic N) is 2. The number of benzene rings is 1. The van der Waals surface area contributed by atoms with Crippen molar-refractivity contribution in [3.63, 3.8) is 0 Å². The molecule has 0 aliphatic carbocycles. The van der Waals surface area contributed by atoms with Gasteiger partial charge in [-0.05, 0) is 11.5 Å². The molecule has 0 N–H and O–H groups in total. The lowest BCUT2D eigenvalue weighted by atomic mass is 10.1. The molecule has 2 aromatic rings. The monoisotopic (exact) mass is 262 g/mol. The molecule has 1 aliphatic heterocycles. The van der Waals surface area contributed by atoms with Crippen LogP contribution in [0.1, 0.15) is 0 Å². The van der Waals surface area contributed by atoms with Crippen LogP contribution in [0.15, 0.2) is 36.5 Å². The molecule has 0 amide bonds. The fourth-order valence-electron chi connectivity index (χ4n) is 2.36. The van der Waals surface area contributed by atoms with Crippen molar-refractivity contribution < 1.29 is 4.74 Å². The molecule has 1 aromatic heterocycles. The summed E-state index contributed by atoms with van der Waals surface area (Å²) in [7, 11) is 0. The molecule has 18 heavy (non-hydrogen) atoms. The molecule has 0 bridgehead atoms. The number of halogens is 1. The Labute approximate surface area is 111 Å². The lowest BCUT2D eigenvalue weighted by Crippen LogP contribution is -2.43. The molecule has 1 saturated heterocycles. The second kappa shape index (κ2) is 5.12. The zero-order valence-corrected chi connectivity index (χ0v) is 10.8. The number of hydrogen-bond donors (Lipinski definition) is 0. The quantitative estimate of drug-likeness (QED) is 0.778. The molecule has 1 aliphatic rings. The highest BCUT2D eigenvalue weighted by Gasteiger charge is 2.21. The van der Waals surface area contributed by atoms with Gasteiger partial charge in [-0.25, -0.2) is 4.98 Å². The van der Waals surface area contributed by atoms with Gasteiger partial charge in [0.1, 0.15) is 5.82 Å². The van der Waals surface area contributed by atoms with Gasteiger partial charge in [0.25, 0.3) is 0 Å². The van der Waals surface area contributed by atoms with Gasteiger partial charge in [-0.15, -0.1) is 11.6 Å². The molecule has 1 fully saturated rings. The van der Waals surface area contributed by atoms with Crippen molar-refractivity contribution >= 4 is 28.2 Å². The van der Waals surface area contributed by atoms with E-state index in [2.05, 4.69) is 22.0 Å². The van der Waals surface area contributed by atoms with E-state index in [9.17, 15) is 0 Å². The van der Waals surface area contributed by atoms with Gasteiger partial charge in [-0.2, -0.15) is 0 Å². The van der Waals surface area contributed by atoms with Crippen molar-refractivity contribution in [3.05, 3.63) is 36.5 Å². The number of hydrogen-bond acceptors (Lipinski definition) is 3. The van der Waals surface area contributed by atoms with Crippen LogP contribution in [0.4, 0.5) is 5.82 Å². The van der Waals surface area contributed by atoms with Crippen molar-refractivity contribution in [2.45, 2.75) is 6.10 Å². The normalized spacial score (nSPS) is 20.3. The highest BCUT2D eigenvalue weighted by molar-refractivity contribution is 6.18. The van der Waals surface area contributed by atoms with Crippen LogP contribution in [0, 0.1) is 0 Å². The van der Waals surface area contributed by atoms with E-state index in [-0.39, 0.29) is 6.10 Å². The fourth-order valence-corrected chi connectivity index (χ4v) is 2.55. The van der Waals surface area contributed by atoms with Crippen LogP contribution in [-0.4, -0.2) is 36.7 Å². The number of aromatic nitrogens is 1. The molecule has 1 unspecified atom stereocenters. The maximum atomic E-state index is 5.88. The first kappa shape index (κ1) is 11.8. The van der Waals surface area contributed by atoms with Crippen LogP contribution in [0.5, 0.6) is 0 Å². The summed E-state index contributed by atoms with van der Waals surface area (Å²) in [6.45, 7) is 2.39. The van der Waals surface area contributed by atoms with E-state index in [1.807, 2.05) is 24.4 Å². The number of morpholine rings is 1. The largest absolute Gasteiger partial charge is 0.373 e. The zero-order valence-electron chi connectivity index (χ0n) is 10.1. The highest BCUT2D eigenvalue weighted by atomic mass is 35.5. The lowest BCUT2D eigenvalue weighted by molar-refractivity contribution is 0.0553. The third-order valence-electron chi connectivity index (χ3n) is 3.26. The number of anilines is 1. The summed E-state index contributed by atoms with van der Waals surface area (Å²) < 4.78 is 5.59. The molecular weight excluding hydrogens is 248 g/mol. The number of alkyl halides is 1. The summed E-state index contributed by atoms with van der Waals surface area (Å²) in [5.74, 6) is 1.56. The van der Waals surface area contributed by atoms with Crippen LogP contribution in [0.25, 0.3) is 10.8 Å². The van der Waals surface area contributed by atoms with Crippen LogP contribution in [0.2, 0.25) is 0 Å². The van der Waals surface area contributed by atoms with Crippen molar-refractivity contribution in [2.75, 3.05) is 30.5 Å². The Bertz CT molecular complexity index is 541. The Hall–Kier alpha value is -1.32. The van der Waals surface area contributed by atoms with Crippen LogP contribution in [-0.2, 0) is 4.74 Å². The first-order valence-corrected chi connectivity index (χ1v) is 6.68. The standard InChI is InChI=1S/C14H15ClN2O/c15-9-12-10-17(7-8-18-12)14-13-4-2-1-3-11(13)5-6-16-14/h1-6,12H,7-10H2. The Balaban J connectivity index is 1.98. The molecular formula is C14H15ClN2O. The Morgan fingerprint density at radius 1 is 1.33 bits per heavy atom. The molecule has 94 valence electrons. The first-order valence-electron chi connectivity index (χ1n) is 6.15. The minimum atomic E-state index is 0.0983. The van der Waals surface area contributed by atoms with Gasteiger partial charge < -0.3 is 9.64 Å². The van der Waals surface area contributed by atoms with Gasteiger partial charge in [-0.3, -0.25) is 0 Å². The van der Waals surface area contributed by atoms with E-state index in [4.69, 9.17) is 16.3 Å². The average Bonchev–Trinajstić information content (AvgIpc) is 2.47.